The Labute approximate surface area is 378 Å². The third-order valence-corrected chi connectivity index (χ3v) is 11.9. The van der Waals surface area contributed by atoms with Gasteiger partial charge >= 0.3 is 7.32 Å². The lowest BCUT2D eigenvalue weighted by Crippen LogP contribution is -2.37. The largest absolute Gasteiger partial charge is 0.864 e. The molecule has 0 bridgehead atoms. The lowest BCUT2D eigenvalue weighted by Gasteiger charge is -2.22. The van der Waals surface area contributed by atoms with Crippen molar-refractivity contribution in [3.8, 4) is 84.0 Å². The SMILES string of the molecule is Cc1ccc(-c2ccc(OB(Oc3ccc(-c4ccc(C)cc4)cc3-c3ccc(C)cc3)Oc3ccc(-c4ccc(C)cc4)cc3-c3ccc(C)cc3)c(-c3ccc(C)cc3)c2)cc1. The van der Waals surface area contributed by atoms with Gasteiger partial charge in [-0.2, -0.15) is 0 Å². The summed E-state index contributed by atoms with van der Waals surface area (Å²) >= 11 is 0. The zero-order chi connectivity index (χ0) is 44.2. The number of hydrogen-bond donors (Lipinski definition) is 0. The van der Waals surface area contributed by atoms with E-state index in [4.69, 9.17) is 14.0 Å². The summed E-state index contributed by atoms with van der Waals surface area (Å²) < 4.78 is 21.2. The van der Waals surface area contributed by atoms with E-state index in [1.165, 1.54) is 33.4 Å². The van der Waals surface area contributed by atoms with Gasteiger partial charge in [-0.15, -0.1) is 0 Å². The van der Waals surface area contributed by atoms with Gasteiger partial charge in [0.05, 0.1) is 0 Å². The summed E-state index contributed by atoms with van der Waals surface area (Å²) in [6.07, 6.45) is 0. The van der Waals surface area contributed by atoms with Crippen molar-refractivity contribution in [1.29, 1.82) is 0 Å². The third-order valence-electron chi connectivity index (χ3n) is 11.9. The Bertz CT molecular complexity index is 2690. The molecule has 0 amide bonds. The van der Waals surface area contributed by atoms with Crippen LogP contribution in [0.2, 0.25) is 0 Å². The summed E-state index contributed by atoms with van der Waals surface area (Å²) in [5, 5.41) is 0. The molecule has 0 radical (unpaired) electrons. The van der Waals surface area contributed by atoms with Gasteiger partial charge in [0.2, 0.25) is 0 Å². The van der Waals surface area contributed by atoms with Crippen molar-refractivity contribution in [1.82, 2.24) is 0 Å². The lowest BCUT2D eigenvalue weighted by molar-refractivity contribution is 0.309. The first-order valence-electron chi connectivity index (χ1n) is 22.0. The minimum absolute atomic E-state index is 0.631. The molecule has 0 fully saturated rings. The maximum atomic E-state index is 7.08. The molecule has 9 aromatic carbocycles. The number of hydrogen-bond acceptors (Lipinski definition) is 3. The Morgan fingerprint density at radius 3 is 0.625 bits per heavy atom. The van der Waals surface area contributed by atoms with Crippen LogP contribution in [0.15, 0.2) is 200 Å². The molecule has 0 aliphatic carbocycles. The fourth-order valence-corrected chi connectivity index (χ4v) is 7.93. The standard InChI is InChI=1S/C60H51BO3/c1-40-7-19-46(20-8-40)52-31-34-58(55(37-52)49-25-13-43(4)14-26-49)62-61(63-59-35-32-53(47-21-9-41(2)10-22-47)38-56(59)50-27-15-44(5)16-28-50)64-60-36-33-54(48-23-11-42(3)12-24-48)39-57(60)51-29-17-45(6)18-30-51/h7-39H,1-6H3. The molecule has 0 atom stereocenters. The second-order valence-corrected chi connectivity index (χ2v) is 17.0. The van der Waals surface area contributed by atoms with E-state index >= 15 is 0 Å². The van der Waals surface area contributed by atoms with Crippen LogP contribution in [0.25, 0.3) is 66.8 Å². The Morgan fingerprint density at radius 2 is 0.406 bits per heavy atom. The van der Waals surface area contributed by atoms with Gasteiger partial charge in [-0.05, 0) is 128 Å². The van der Waals surface area contributed by atoms with E-state index in [9.17, 15) is 0 Å². The molecule has 0 aliphatic rings. The zero-order valence-corrected chi connectivity index (χ0v) is 37.4. The molecule has 0 aromatic heterocycles. The van der Waals surface area contributed by atoms with Crippen molar-refractivity contribution in [2.75, 3.05) is 0 Å². The van der Waals surface area contributed by atoms with Crippen LogP contribution in [-0.2, 0) is 0 Å². The lowest BCUT2D eigenvalue weighted by atomic mass is 9.95. The van der Waals surface area contributed by atoms with Crippen molar-refractivity contribution in [2.24, 2.45) is 0 Å². The van der Waals surface area contributed by atoms with Crippen LogP contribution in [0.1, 0.15) is 33.4 Å². The molecular weight excluding hydrogens is 779 g/mol. The molecule has 0 saturated heterocycles. The van der Waals surface area contributed by atoms with E-state index in [0.29, 0.717) is 17.2 Å². The second-order valence-electron chi connectivity index (χ2n) is 17.0. The van der Waals surface area contributed by atoms with Crippen LogP contribution >= 0.6 is 0 Å². The molecule has 0 saturated carbocycles. The minimum atomic E-state index is -1.21. The molecule has 312 valence electrons. The fraction of sp³-hybridized carbons (Fsp3) is 0.100. The maximum Gasteiger partial charge on any atom is 0.864 e. The van der Waals surface area contributed by atoms with Gasteiger partial charge in [-0.1, -0.05) is 197 Å². The van der Waals surface area contributed by atoms with Crippen LogP contribution in [0.3, 0.4) is 0 Å². The molecule has 0 heterocycles. The van der Waals surface area contributed by atoms with Gasteiger partial charge in [0.25, 0.3) is 0 Å². The van der Waals surface area contributed by atoms with E-state index in [0.717, 1.165) is 66.8 Å². The highest BCUT2D eigenvalue weighted by atomic mass is 16.7. The molecule has 0 unspecified atom stereocenters. The van der Waals surface area contributed by atoms with Crippen LogP contribution < -0.4 is 14.0 Å². The van der Waals surface area contributed by atoms with Crippen molar-refractivity contribution >= 4 is 7.32 Å². The Morgan fingerprint density at radius 1 is 0.219 bits per heavy atom. The van der Waals surface area contributed by atoms with Gasteiger partial charge in [0.15, 0.2) is 0 Å². The zero-order valence-electron chi connectivity index (χ0n) is 37.4. The van der Waals surface area contributed by atoms with Crippen molar-refractivity contribution in [3.05, 3.63) is 234 Å². The summed E-state index contributed by atoms with van der Waals surface area (Å²) in [6.45, 7) is 12.6. The molecule has 4 heteroatoms. The molecule has 0 spiro atoms. The first-order valence-corrected chi connectivity index (χ1v) is 22.0. The van der Waals surface area contributed by atoms with Crippen molar-refractivity contribution in [2.45, 2.75) is 41.5 Å². The smallest absolute Gasteiger partial charge is 0.489 e. The van der Waals surface area contributed by atoms with E-state index in [1.54, 1.807) is 0 Å². The number of rotatable bonds is 12. The number of benzene rings is 9. The molecule has 9 aromatic rings. The van der Waals surface area contributed by atoms with E-state index in [2.05, 4.69) is 224 Å². The predicted molar refractivity (Wildman–Crippen MR) is 268 cm³/mol. The normalized spacial score (nSPS) is 11.0. The van der Waals surface area contributed by atoms with Crippen molar-refractivity contribution < 1.29 is 14.0 Å². The Balaban J connectivity index is 1.19. The monoisotopic (exact) mass is 830 g/mol. The molecular formula is C60H51BO3. The van der Waals surface area contributed by atoms with Crippen molar-refractivity contribution in [3.63, 3.8) is 0 Å². The fourth-order valence-electron chi connectivity index (χ4n) is 7.93. The predicted octanol–water partition coefficient (Wildman–Crippen LogP) is 16.1. The van der Waals surface area contributed by atoms with E-state index in [-0.39, 0.29) is 0 Å². The Hall–Kier alpha value is -7.56. The highest BCUT2D eigenvalue weighted by Crippen LogP contribution is 2.40. The van der Waals surface area contributed by atoms with Gasteiger partial charge in [-0.3, -0.25) is 0 Å². The van der Waals surface area contributed by atoms with Crippen LogP contribution in [0, 0.1) is 41.5 Å². The average Bonchev–Trinajstić information content (AvgIpc) is 3.31. The highest BCUT2D eigenvalue weighted by molar-refractivity contribution is 6.40. The topological polar surface area (TPSA) is 27.7 Å². The van der Waals surface area contributed by atoms with Gasteiger partial charge < -0.3 is 14.0 Å². The molecule has 3 nitrogen and oxygen atoms in total. The van der Waals surface area contributed by atoms with Crippen LogP contribution in [0.5, 0.6) is 17.2 Å². The Kier molecular flexibility index (Phi) is 12.0. The number of aryl methyl sites for hydroxylation is 6. The molecule has 0 aliphatic heterocycles. The second kappa shape index (κ2) is 18.4. The molecule has 9 rings (SSSR count). The van der Waals surface area contributed by atoms with Gasteiger partial charge in [0.1, 0.15) is 17.2 Å². The average molecular weight is 831 g/mol. The summed E-state index contributed by atoms with van der Waals surface area (Å²) in [4.78, 5) is 0. The first kappa shape index (κ1) is 41.8. The van der Waals surface area contributed by atoms with Crippen LogP contribution in [0.4, 0.5) is 0 Å². The van der Waals surface area contributed by atoms with Crippen LogP contribution in [-0.4, -0.2) is 7.32 Å². The molecule has 64 heavy (non-hydrogen) atoms. The van der Waals surface area contributed by atoms with E-state index in [1.807, 2.05) is 18.2 Å². The first-order chi connectivity index (χ1) is 31.1. The van der Waals surface area contributed by atoms with E-state index < -0.39 is 7.32 Å². The quantitative estimate of drug-likeness (QED) is 0.115. The highest BCUT2D eigenvalue weighted by Gasteiger charge is 2.34. The maximum absolute atomic E-state index is 7.08. The summed E-state index contributed by atoms with van der Waals surface area (Å²) in [7, 11) is -1.21. The summed E-state index contributed by atoms with van der Waals surface area (Å²) in [5.41, 5.74) is 19.7. The minimum Gasteiger partial charge on any atom is -0.489 e. The van der Waals surface area contributed by atoms with Gasteiger partial charge in [0, 0.05) is 16.7 Å². The summed E-state index contributed by atoms with van der Waals surface area (Å²) in [5.74, 6) is 1.89. The summed E-state index contributed by atoms with van der Waals surface area (Å²) in [6, 6.07) is 70.6. The third kappa shape index (κ3) is 9.57. The van der Waals surface area contributed by atoms with Gasteiger partial charge in [-0.25, -0.2) is 0 Å². The molecule has 0 N–H and O–H groups in total.